The summed E-state index contributed by atoms with van der Waals surface area (Å²) in [5, 5.41) is 16.6. The normalized spacial score (nSPS) is 14.0. The van der Waals surface area contributed by atoms with Crippen molar-refractivity contribution in [3.63, 3.8) is 0 Å². The van der Waals surface area contributed by atoms with Gasteiger partial charge in [-0.05, 0) is 12.5 Å². The Morgan fingerprint density at radius 3 is 2.56 bits per heavy atom. The molecular weight excluding hydrogens is 312 g/mol. The number of aliphatic imine (C=N–C) groups is 2. The molecular formula is C19H22N6. The summed E-state index contributed by atoms with van der Waals surface area (Å²) < 4.78 is 1.87. The third kappa shape index (κ3) is 3.18. The number of hydrogen-bond donors (Lipinski definition) is 1. The van der Waals surface area contributed by atoms with Crippen LogP contribution >= 0.6 is 0 Å². The van der Waals surface area contributed by atoms with Gasteiger partial charge in [-0.2, -0.15) is 10.4 Å². The van der Waals surface area contributed by atoms with E-state index in [2.05, 4.69) is 31.1 Å². The molecule has 6 nitrogen and oxygen atoms in total. The van der Waals surface area contributed by atoms with Gasteiger partial charge in [-0.15, -0.1) is 0 Å². The Morgan fingerprint density at radius 2 is 1.96 bits per heavy atom. The molecule has 1 aliphatic rings. The standard InChI is InChI=1S/C19H22N6/c1-5-25-16-15(17(24-25)19(2,3)4)23-14(11-21-18(16)22-12-20)13-9-7-6-8-10-13/h6-10H,5,11H2,1-4H3,(H,21,22). The highest BCUT2D eigenvalue weighted by Gasteiger charge is 2.30. The van der Waals surface area contributed by atoms with Crippen molar-refractivity contribution >= 4 is 17.2 Å². The van der Waals surface area contributed by atoms with Gasteiger partial charge >= 0.3 is 0 Å². The lowest BCUT2D eigenvalue weighted by Gasteiger charge is -2.16. The molecule has 0 bridgehead atoms. The number of hydrogen-bond acceptors (Lipinski definition) is 5. The van der Waals surface area contributed by atoms with Crippen LogP contribution in [0, 0.1) is 11.5 Å². The van der Waals surface area contributed by atoms with Gasteiger partial charge < -0.3 is 0 Å². The van der Waals surface area contributed by atoms with E-state index in [9.17, 15) is 0 Å². The molecule has 1 aromatic carbocycles. The second kappa shape index (κ2) is 6.52. The summed E-state index contributed by atoms with van der Waals surface area (Å²) >= 11 is 0. The van der Waals surface area contributed by atoms with Crippen molar-refractivity contribution in [3.05, 3.63) is 47.3 Å². The van der Waals surface area contributed by atoms with Crippen LogP contribution in [-0.2, 0) is 12.0 Å². The van der Waals surface area contributed by atoms with Crippen LogP contribution < -0.4 is 5.32 Å². The predicted octanol–water partition coefficient (Wildman–Crippen LogP) is 3.15. The number of benzene rings is 1. The predicted molar refractivity (Wildman–Crippen MR) is 99.4 cm³/mol. The first kappa shape index (κ1) is 16.9. The second-order valence-corrected chi connectivity index (χ2v) is 6.94. The van der Waals surface area contributed by atoms with Gasteiger partial charge in [-0.1, -0.05) is 51.1 Å². The lowest BCUT2D eigenvalue weighted by Crippen LogP contribution is -2.23. The van der Waals surface area contributed by atoms with Crippen molar-refractivity contribution < 1.29 is 0 Å². The number of nitrogens with zero attached hydrogens (tertiary/aromatic N) is 5. The zero-order chi connectivity index (χ0) is 18.0. The van der Waals surface area contributed by atoms with Gasteiger partial charge in [-0.25, -0.2) is 4.99 Å². The van der Waals surface area contributed by atoms with Crippen LogP contribution in [-0.4, -0.2) is 27.9 Å². The average molecular weight is 334 g/mol. The molecule has 1 N–H and O–H groups in total. The number of nitrogens with one attached hydrogen (secondary N) is 1. The summed E-state index contributed by atoms with van der Waals surface area (Å²) in [5.74, 6) is 0.525. The summed E-state index contributed by atoms with van der Waals surface area (Å²) in [4.78, 5) is 9.55. The number of rotatable bonds is 2. The number of aromatic nitrogens is 2. The van der Waals surface area contributed by atoms with E-state index in [1.165, 1.54) is 0 Å². The molecule has 1 aliphatic heterocycles. The monoisotopic (exact) mass is 334 g/mol. The molecule has 2 aromatic rings. The topological polar surface area (TPSA) is 78.4 Å². The van der Waals surface area contributed by atoms with E-state index in [-0.39, 0.29) is 5.41 Å². The van der Waals surface area contributed by atoms with Crippen molar-refractivity contribution in [2.24, 2.45) is 9.98 Å². The largest absolute Gasteiger partial charge is 0.275 e. The first-order valence-corrected chi connectivity index (χ1v) is 8.40. The number of fused-ring (bicyclic) bond motifs is 1. The van der Waals surface area contributed by atoms with Gasteiger partial charge in [0.15, 0.2) is 12.0 Å². The van der Waals surface area contributed by atoms with Gasteiger partial charge in [0.25, 0.3) is 0 Å². The zero-order valence-electron chi connectivity index (χ0n) is 15.0. The fourth-order valence-corrected chi connectivity index (χ4v) is 2.86. The van der Waals surface area contributed by atoms with Crippen molar-refractivity contribution in [1.82, 2.24) is 15.1 Å². The van der Waals surface area contributed by atoms with Gasteiger partial charge in [0.2, 0.25) is 0 Å². The van der Waals surface area contributed by atoms with Crippen LogP contribution in [0.2, 0.25) is 0 Å². The van der Waals surface area contributed by atoms with E-state index in [0.29, 0.717) is 18.9 Å². The van der Waals surface area contributed by atoms with Crippen LogP contribution in [0.25, 0.3) is 0 Å². The Balaban J connectivity index is 2.27. The molecule has 0 fully saturated rings. The molecule has 0 atom stereocenters. The Morgan fingerprint density at radius 1 is 1.24 bits per heavy atom. The van der Waals surface area contributed by atoms with E-state index in [0.717, 1.165) is 28.4 Å². The molecule has 0 amide bonds. The molecule has 3 rings (SSSR count). The summed E-state index contributed by atoms with van der Waals surface area (Å²) in [6.45, 7) is 9.47. The van der Waals surface area contributed by atoms with Crippen LogP contribution in [0.3, 0.4) is 0 Å². The highest BCUT2D eigenvalue weighted by atomic mass is 15.3. The van der Waals surface area contributed by atoms with Crippen LogP contribution in [0.1, 0.15) is 44.6 Å². The molecule has 0 aliphatic carbocycles. The molecule has 0 radical (unpaired) electrons. The highest BCUT2D eigenvalue weighted by molar-refractivity contribution is 6.11. The van der Waals surface area contributed by atoms with E-state index in [4.69, 9.17) is 15.4 Å². The van der Waals surface area contributed by atoms with Crippen LogP contribution in [0.4, 0.5) is 5.69 Å². The lowest BCUT2D eigenvalue weighted by molar-refractivity contribution is 0.540. The molecule has 0 saturated heterocycles. The summed E-state index contributed by atoms with van der Waals surface area (Å²) in [5.41, 5.74) is 4.22. The fraction of sp³-hybridized carbons (Fsp3) is 0.368. The van der Waals surface area contributed by atoms with Gasteiger partial charge in [-0.3, -0.25) is 15.0 Å². The van der Waals surface area contributed by atoms with Gasteiger partial charge in [0.05, 0.1) is 18.0 Å². The molecule has 1 aromatic heterocycles. The molecule has 2 heterocycles. The molecule has 0 unspecified atom stereocenters. The number of nitriles is 1. The highest BCUT2D eigenvalue weighted by Crippen LogP contribution is 2.35. The first-order chi connectivity index (χ1) is 12.0. The smallest absolute Gasteiger partial charge is 0.182 e. The average Bonchev–Trinajstić information content (AvgIpc) is 2.87. The fourth-order valence-electron chi connectivity index (χ4n) is 2.86. The summed E-state index contributed by atoms with van der Waals surface area (Å²) in [6, 6.07) is 10.0. The maximum Gasteiger partial charge on any atom is 0.182 e. The van der Waals surface area contributed by atoms with Crippen molar-refractivity contribution in [3.8, 4) is 6.19 Å². The third-order valence-electron chi connectivity index (χ3n) is 4.08. The molecule has 128 valence electrons. The van der Waals surface area contributed by atoms with E-state index < -0.39 is 0 Å². The van der Waals surface area contributed by atoms with E-state index in [1.807, 2.05) is 48.1 Å². The minimum Gasteiger partial charge on any atom is -0.275 e. The quantitative estimate of drug-likeness (QED) is 0.677. The van der Waals surface area contributed by atoms with Crippen molar-refractivity contribution in [2.45, 2.75) is 39.7 Å². The zero-order valence-corrected chi connectivity index (χ0v) is 15.0. The van der Waals surface area contributed by atoms with E-state index >= 15 is 0 Å². The molecule has 25 heavy (non-hydrogen) atoms. The maximum absolute atomic E-state index is 9.14. The molecule has 6 heteroatoms. The van der Waals surface area contributed by atoms with Gasteiger partial charge in [0.1, 0.15) is 11.4 Å². The Bertz CT molecular complexity index is 875. The van der Waals surface area contributed by atoms with Crippen molar-refractivity contribution in [2.75, 3.05) is 6.54 Å². The second-order valence-electron chi connectivity index (χ2n) is 6.94. The van der Waals surface area contributed by atoms with Crippen molar-refractivity contribution in [1.29, 1.82) is 5.26 Å². The first-order valence-electron chi connectivity index (χ1n) is 8.40. The van der Waals surface area contributed by atoms with Crippen LogP contribution in [0.15, 0.2) is 40.3 Å². The lowest BCUT2D eigenvalue weighted by atomic mass is 9.91. The summed E-state index contributed by atoms with van der Waals surface area (Å²) in [6.07, 6.45) is 1.99. The molecule has 0 spiro atoms. The number of aryl methyl sites for hydroxylation is 1. The number of amidine groups is 1. The minimum atomic E-state index is -0.169. The SMILES string of the molecule is CCn1nc(C(C)(C)C)c2c1C(NC#N)=NCC(c1ccccc1)=N2. The maximum atomic E-state index is 9.14. The van der Waals surface area contributed by atoms with E-state index in [1.54, 1.807) is 0 Å². The Labute approximate surface area is 147 Å². The third-order valence-corrected chi connectivity index (χ3v) is 4.08. The Hall–Kier alpha value is -2.94. The molecule has 0 saturated carbocycles. The Kier molecular flexibility index (Phi) is 4.41. The minimum absolute atomic E-state index is 0.169. The van der Waals surface area contributed by atoms with Crippen LogP contribution in [0.5, 0.6) is 0 Å². The van der Waals surface area contributed by atoms with Gasteiger partial charge in [0, 0.05) is 12.0 Å². The summed E-state index contributed by atoms with van der Waals surface area (Å²) in [7, 11) is 0.